The van der Waals surface area contributed by atoms with E-state index in [-0.39, 0.29) is 5.91 Å². The molecule has 0 saturated heterocycles. The maximum Gasteiger partial charge on any atom is 0.258 e. The second-order valence-electron chi connectivity index (χ2n) is 5.67. The number of aromatic nitrogens is 1. The van der Waals surface area contributed by atoms with Crippen molar-refractivity contribution < 1.29 is 4.79 Å². The molecule has 0 radical (unpaired) electrons. The van der Waals surface area contributed by atoms with E-state index in [1.165, 1.54) is 11.3 Å². The normalized spacial score (nSPS) is 10.8. The number of anilines is 1. The van der Waals surface area contributed by atoms with Gasteiger partial charge < -0.3 is 0 Å². The van der Waals surface area contributed by atoms with Gasteiger partial charge in [0.1, 0.15) is 0 Å². The summed E-state index contributed by atoms with van der Waals surface area (Å²) in [5, 5.41) is 7.37. The van der Waals surface area contributed by atoms with Crippen molar-refractivity contribution in [2.75, 3.05) is 5.32 Å². The van der Waals surface area contributed by atoms with Crippen molar-refractivity contribution in [3.05, 3.63) is 80.6 Å². The van der Waals surface area contributed by atoms with Crippen LogP contribution in [0, 0.1) is 0 Å². The lowest BCUT2D eigenvalue weighted by Crippen LogP contribution is -2.12. The third kappa shape index (κ3) is 3.58. The van der Waals surface area contributed by atoms with Gasteiger partial charge in [0.15, 0.2) is 5.13 Å². The van der Waals surface area contributed by atoms with E-state index in [9.17, 15) is 4.79 Å². The van der Waals surface area contributed by atoms with Crippen molar-refractivity contribution >= 4 is 65.0 Å². The average molecular weight is 488 g/mol. The summed E-state index contributed by atoms with van der Waals surface area (Å²) in [4.78, 5) is 17.3. The molecule has 3 aromatic carbocycles. The van der Waals surface area contributed by atoms with Crippen molar-refractivity contribution in [1.29, 1.82) is 0 Å². The minimum atomic E-state index is -0.158. The van der Waals surface area contributed by atoms with Gasteiger partial charge in [0.25, 0.3) is 5.91 Å². The predicted octanol–water partition coefficient (Wildman–Crippen LogP) is 6.74. The van der Waals surface area contributed by atoms with E-state index >= 15 is 0 Å². The lowest BCUT2D eigenvalue weighted by atomic mass is 10.0. The fourth-order valence-corrected chi connectivity index (χ4v) is 4.06. The molecule has 1 heterocycles. The summed E-state index contributed by atoms with van der Waals surface area (Å²) in [7, 11) is 0. The number of amides is 1. The maximum atomic E-state index is 12.7. The molecule has 1 amide bonds. The van der Waals surface area contributed by atoms with Gasteiger partial charge in [-0.1, -0.05) is 62.2 Å². The molecule has 0 aliphatic heterocycles. The zero-order valence-corrected chi connectivity index (χ0v) is 17.4. The molecule has 0 atom stereocenters. The van der Waals surface area contributed by atoms with E-state index in [4.69, 9.17) is 0 Å². The molecule has 0 aliphatic rings. The van der Waals surface area contributed by atoms with Crippen molar-refractivity contribution in [3.8, 4) is 11.3 Å². The number of fused-ring (bicyclic) bond motifs is 1. The Morgan fingerprint density at radius 2 is 1.73 bits per heavy atom. The zero-order chi connectivity index (χ0) is 18.1. The predicted molar refractivity (Wildman–Crippen MR) is 115 cm³/mol. The summed E-state index contributed by atoms with van der Waals surface area (Å²) in [5.41, 5.74) is 2.50. The Labute approximate surface area is 171 Å². The average Bonchev–Trinajstić information content (AvgIpc) is 3.10. The van der Waals surface area contributed by atoms with Crippen molar-refractivity contribution in [2.24, 2.45) is 0 Å². The molecule has 0 bridgehead atoms. The summed E-state index contributed by atoms with van der Waals surface area (Å²) < 4.78 is 2.01. The van der Waals surface area contributed by atoms with E-state index < -0.39 is 0 Å². The molecule has 0 spiro atoms. The first kappa shape index (κ1) is 17.4. The fourth-order valence-electron chi connectivity index (χ4n) is 2.70. The molecule has 0 unspecified atom stereocenters. The molecule has 1 N–H and O–H groups in total. The first-order valence-electron chi connectivity index (χ1n) is 7.81. The van der Waals surface area contributed by atoms with Gasteiger partial charge in [-0.25, -0.2) is 4.98 Å². The molecule has 6 heteroatoms. The molecule has 0 saturated carbocycles. The number of hydrogen-bond acceptors (Lipinski definition) is 3. The molecule has 0 fully saturated rings. The summed E-state index contributed by atoms with van der Waals surface area (Å²) in [6, 6.07) is 19.5. The van der Waals surface area contributed by atoms with Crippen LogP contribution >= 0.6 is 43.2 Å². The Morgan fingerprint density at radius 3 is 2.54 bits per heavy atom. The number of nitrogens with zero attached hydrogens (tertiary/aromatic N) is 1. The van der Waals surface area contributed by atoms with Gasteiger partial charge in [-0.15, -0.1) is 11.3 Å². The van der Waals surface area contributed by atoms with Gasteiger partial charge in [-0.3, -0.25) is 10.1 Å². The van der Waals surface area contributed by atoms with Crippen LogP contribution in [0.4, 0.5) is 5.13 Å². The van der Waals surface area contributed by atoms with Crippen LogP contribution in [0.5, 0.6) is 0 Å². The van der Waals surface area contributed by atoms with Crippen molar-refractivity contribution in [2.45, 2.75) is 0 Å². The second-order valence-corrected chi connectivity index (χ2v) is 8.36. The van der Waals surface area contributed by atoms with E-state index in [2.05, 4.69) is 42.2 Å². The van der Waals surface area contributed by atoms with Crippen LogP contribution < -0.4 is 5.32 Å². The monoisotopic (exact) mass is 486 g/mol. The lowest BCUT2D eigenvalue weighted by molar-refractivity contribution is 0.102. The van der Waals surface area contributed by atoms with Crippen molar-refractivity contribution in [1.82, 2.24) is 4.98 Å². The largest absolute Gasteiger partial charge is 0.298 e. The van der Waals surface area contributed by atoms with E-state index in [1.54, 1.807) is 0 Å². The standard InChI is InChI=1S/C20H12Br2N2OS/c21-14-6-4-12(5-7-14)18-11-26-20(23-18)24-19(25)17-3-1-2-13-10-15(22)8-9-16(13)17/h1-11H,(H,23,24,25). The number of nitrogens with one attached hydrogen (secondary N) is 1. The molecule has 128 valence electrons. The van der Waals surface area contributed by atoms with Crippen LogP contribution in [0.3, 0.4) is 0 Å². The number of halogens is 2. The number of thiazole rings is 1. The van der Waals surface area contributed by atoms with Crippen LogP contribution in [0.15, 0.2) is 75.0 Å². The second kappa shape index (κ2) is 7.31. The number of rotatable bonds is 3. The number of benzene rings is 3. The van der Waals surface area contributed by atoms with Gasteiger partial charge >= 0.3 is 0 Å². The topological polar surface area (TPSA) is 42.0 Å². The Bertz CT molecular complexity index is 1110. The molecule has 3 nitrogen and oxygen atoms in total. The van der Waals surface area contributed by atoms with Gasteiger partial charge in [-0.05, 0) is 41.1 Å². The van der Waals surface area contributed by atoms with Crippen LogP contribution in [0.25, 0.3) is 22.0 Å². The fraction of sp³-hybridized carbons (Fsp3) is 0. The van der Waals surface area contributed by atoms with E-state index in [0.29, 0.717) is 10.7 Å². The number of carbonyl (C=O) groups is 1. The summed E-state index contributed by atoms with van der Waals surface area (Å²) in [6.07, 6.45) is 0. The lowest BCUT2D eigenvalue weighted by Gasteiger charge is -2.06. The molecule has 4 rings (SSSR count). The maximum absolute atomic E-state index is 12.7. The highest BCUT2D eigenvalue weighted by Crippen LogP contribution is 2.28. The highest BCUT2D eigenvalue weighted by Gasteiger charge is 2.13. The van der Waals surface area contributed by atoms with Gasteiger partial charge in [0.2, 0.25) is 0 Å². The quantitative estimate of drug-likeness (QED) is 0.347. The minimum absolute atomic E-state index is 0.158. The number of hydrogen-bond donors (Lipinski definition) is 1. The molecule has 0 aliphatic carbocycles. The summed E-state index contributed by atoms with van der Waals surface area (Å²) >= 11 is 8.31. The Balaban J connectivity index is 1.60. The Kier molecular flexibility index (Phi) is 4.89. The smallest absolute Gasteiger partial charge is 0.258 e. The third-order valence-electron chi connectivity index (χ3n) is 3.95. The SMILES string of the molecule is O=C(Nc1nc(-c2ccc(Br)cc2)cs1)c1cccc2cc(Br)ccc12. The minimum Gasteiger partial charge on any atom is -0.298 e. The van der Waals surface area contributed by atoms with Crippen LogP contribution in [0.2, 0.25) is 0 Å². The van der Waals surface area contributed by atoms with Crippen molar-refractivity contribution in [3.63, 3.8) is 0 Å². The molecule has 4 aromatic rings. The first-order chi connectivity index (χ1) is 12.6. The number of carbonyl (C=O) groups excluding carboxylic acids is 1. The highest BCUT2D eigenvalue weighted by molar-refractivity contribution is 9.10. The van der Waals surface area contributed by atoms with Crippen LogP contribution in [-0.2, 0) is 0 Å². The first-order valence-corrected chi connectivity index (χ1v) is 10.3. The van der Waals surface area contributed by atoms with Gasteiger partial charge in [0, 0.05) is 25.5 Å². The van der Waals surface area contributed by atoms with E-state index in [0.717, 1.165) is 31.0 Å². The summed E-state index contributed by atoms with van der Waals surface area (Å²) in [5.74, 6) is -0.158. The Hall–Kier alpha value is -2.02. The molecule has 26 heavy (non-hydrogen) atoms. The van der Waals surface area contributed by atoms with Gasteiger partial charge in [0.05, 0.1) is 5.69 Å². The summed E-state index contributed by atoms with van der Waals surface area (Å²) in [6.45, 7) is 0. The van der Waals surface area contributed by atoms with Crippen LogP contribution in [-0.4, -0.2) is 10.9 Å². The third-order valence-corrected chi connectivity index (χ3v) is 5.73. The van der Waals surface area contributed by atoms with Crippen LogP contribution in [0.1, 0.15) is 10.4 Å². The van der Waals surface area contributed by atoms with E-state index in [1.807, 2.05) is 66.0 Å². The zero-order valence-electron chi connectivity index (χ0n) is 13.4. The Morgan fingerprint density at radius 1 is 0.962 bits per heavy atom. The van der Waals surface area contributed by atoms with Gasteiger partial charge in [-0.2, -0.15) is 0 Å². The molecular weight excluding hydrogens is 476 g/mol. The molecule has 1 aromatic heterocycles. The highest BCUT2D eigenvalue weighted by atomic mass is 79.9. The molecular formula is C20H12Br2N2OS.